The fraction of sp³-hybridized carbons (Fsp3) is 0.412. The third kappa shape index (κ3) is 3.03. The molecule has 3 rings (SSSR count). The lowest BCUT2D eigenvalue weighted by Crippen LogP contribution is -2.14. The minimum Gasteiger partial charge on any atom is -0.478 e. The van der Waals surface area contributed by atoms with E-state index >= 15 is 0 Å². The first-order valence-electron chi connectivity index (χ1n) is 7.70. The number of aromatic nitrogens is 2. The summed E-state index contributed by atoms with van der Waals surface area (Å²) < 4.78 is 16.1. The fourth-order valence-corrected chi connectivity index (χ4v) is 3.16. The van der Waals surface area contributed by atoms with Gasteiger partial charge in [-0.1, -0.05) is 31.4 Å². The SMILES string of the molecule is O=C(O)c1cccc(-c2cnn(CC3CCCCC3)c2)c1F. The molecule has 1 aliphatic carbocycles. The highest BCUT2D eigenvalue weighted by Gasteiger charge is 2.17. The molecule has 1 saturated carbocycles. The van der Waals surface area contributed by atoms with Crippen LogP contribution in [0, 0.1) is 11.7 Å². The zero-order valence-corrected chi connectivity index (χ0v) is 12.3. The Balaban J connectivity index is 1.81. The van der Waals surface area contributed by atoms with Gasteiger partial charge in [-0.25, -0.2) is 9.18 Å². The standard InChI is InChI=1S/C17H19FN2O2/c18-16-14(7-4-8-15(16)17(21)22)13-9-19-20(11-13)10-12-5-2-1-3-6-12/h4,7-9,11-12H,1-3,5-6,10H2,(H,21,22). The highest BCUT2D eigenvalue weighted by atomic mass is 19.1. The van der Waals surface area contributed by atoms with Crippen LogP contribution in [0.3, 0.4) is 0 Å². The molecule has 0 radical (unpaired) electrons. The maximum atomic E-state index is 14.3. The van der Waals surface area contributed by atoms with Crippen molar-refractivity contribution in [3.8, 4) is 11.1 Å². The molecule has 2 aromatic rings. The van der Waals surface area contributed by atoms with E-state index in [0.717, 1.165) is 6.54 Å². The predicted octanol–water partition coefficient (Wildman–Crippen LogP) is 3.97. The van der Waals surface area contributed by atoms with Gasteiger partial charge in [0.25, 0.3) is 0 Å². The van der Waals surface area contributed by atoms with Crippen molar-refractivity contribution in [1.29, 1.82) is 0 Å². The lowest BCUT2D eigenvalue weighted by atomic mass is 9.89. The van der Waals surface area contributed by atoms with Crippen LogP contribution in [0.4, 0.5) is 4.39 Å². The highest BCUT2D eigenvalue weighted by molar-refractivity contribution is 5.89. The molecule has 0 amide bonds. The smallest absolute Gasteiger partial charge is 0.338 e. The second-order valence-electron chi connectivity index (χ2n) is 5.93. The Kier molecular flexibility index (Phi) is 4.22. The summed E-state index contributed by atoms with van der Waals surface area (Å²) in [4.78, 5) is 11.0. The Hall–Kier alpha value is -2.17. The first-order chi connectivity index (χ1) is 10.6. The monoisotopic (exact) mass is 302 g/mol. The summed E-state index contributed by atoms with van der Waals surface area (Å²) in [6.07, 6.45) is 9.71. The Bertz CT molecular complexity index is 675. The van der Waals surface area contributed by atoms with Crippen molar-refractivity contribution in [1.82, 2.24) is 9.78 Å². The second kappa shape index (κ2) is 6.30. The van der Waals surface area contributed by atoms with Crippen LogP contribution >= 0.6 is 0 Å². The zero-order valence-electron chi connectivity index (χ0n) is 12.3. The number of hydrogen-bond acceptors (Lipinski definition) is 2. The minimum atomic E-state index is -1.26. The number of carboxylic acids is 1. The maximum Gasteiger partial charge on any atom is 0.338 e. The van der Waals surface area contributed by atoms with Gasteiger partial charge in [0.05, 0.1) is 11.8 Å². The van der Waals surface area contributed by atoms with Gasteiger partial charge in [0.15, 0.2) is 0 Å². The summed E-state index contributed by atoms with van der Waals surface area (Å²) >= 11 is 0. The molecule has 1 fully saturated rings. The quantitative estimate of drug-likeness (QED) is 0.929. The van der Waals surface area contributed by atoms with Crippen LogP contribution in [-0.4, -0.2) is 20.9 Å². The number of halogens is 1. The molecule has 1 aromatic heterocycles. The first-order valence-corrected chi connectivity index (χ1v) is 7.70. The molecule has 1 heterocycles. The van der Waals surface area contributed by atoms with Crippen molar-refractivity contribution in [3.05, 3.63) is 42.0 Å². The molecule has 1 N–H and O–H groups in total. The van der Waals surface area contributed by atoms with Crippen molar-refractivity contribution in [2.24, 2.45) is 5.92 Å². The first kappa shape index (κ1) is 14.8. The largest absolute Gasteiger partial charge is 0.478 e. The number of benzene rings is 1. The van der Waals surface area contributed by atoms with Gasteiger partial charge in [-0.2, -0.15) is 5.10 Å². The van der Waals surface area contributed by atoms with Crippen LogP contribution in [0.2, 0.25) is 0 Å². The van der Waals surface area contributed by atoms with Gasteiger partial charge in [-0.15, -0.1) is 0 Å². The topological polar surface area (TPSA) is 55.1 Å². The van der Waals surface area contributed by atoms with Gasteiger partial charge < -0.3 is 5.11 Å². The number of rotatable bonds is 4. The third-order valence-electron chi connectivity index (χ3n) is 4.34. The van der Waals surface area contributed by atoms with E-state index in [2.05, 4.69) is 5.10 Å². The average Bonchev–Trinajstić information content (AvgIpc) is 2.96. The van der Waals surface area contributed by atoms with Gasteiger partial charge >= 0.3 is 5.97 Å². The lowest BCUT2D eigenvalue weighted by Gasteiger charge is -2.21. The van der Waals surface area contributed by atoms with E-state index < -0.39 is 11.8 Å². The van der Waals surface area contributed by atoms with E-state index in [4.69, 9.17) is 5.11 Å². The van der Waals surface area contributed by atoms with Gasteiger partial charge in [0, 0.05) is 23.9 Å². The van der Waals surface area contributed by atoms with Crippen LogP contribution in [0.5, 0.6) is 0 Å². The lowest BCUT2D eigenvalue weighted by molar-refractivity contribution is 0.0692. The van der Waals surface area contributed by atoms with E-state index in [9.17, 15) is 9.18 Å². The molecule has 0 saturated heterocycles. The molecular formula is C17H19FN2O2. The molecule has 1 aromatic carbocycles. The highest BCUT2D eigenvalue weighted by Crippen LogP contribution is 2.27. The van der Waals surface area contributed by atoms with Gasteiger partial charge in [-0.3, -0.25) is 4.68 Å². The molecule has 0 unspecified atom stereocenters. The fourth-order valence-electron chi connectivity index (χ4n) is 3.16. The maximum absolute atomic E-state index is 14.3. The molecule has 4 nitrogen and oxygen atoms in total. The average molecular weight is 302 g/mol. The Morgan fingerprint density at radius 3 is 2.82 bits per heavy atom. The summed E-state index contributed by atoms with van der Waals surface area (Å²) in [7, 11) is 0. The van der Waals surface area contributed by atoms with Crippen molar-refractivity contribution >= 4 is 5.97 Å². The van der Waals surface area contributed by atoms with Gasteiger partial charge in [-0.05, 0) is 24.8 Å². The summed E-state index contributed by atoms with van der Waals surface area (Å²) in [5.41, 5.74) is 0.601. The van der Waals surface area contributed by atoms with E-state index in [1.807, 2.05) is 4.68 Å². The summed E-state index contributed by atoms with van der Waals surface area (Å²) in [6.45, 7) is 0.847. The Labute approximate surface area is 128 Å². The summed E-state index contributed by atoms with van der Waals surface area (Å²) in [5.74, 6) is -1.32. The molecular weight excluding hydrogens is 283 g/mol. The van der Waals surface area contributed by atoms with Gasteiger partial charge in [0.1, 0.15) is 5.82 Å². The number of carboxylic acid groups (broad SMARTS) is 1. The molecule has 0 aliphatic heterocycles. The predicted molar refractivity (Wildman–Crippen MR) is 81.2 cm³/mol. The van der Waals surface area contributed by atoms with Gasteiger partial charge in [0.2, 0.25) is 0 Å². The van der Waals surface area contributed by atoms with Crippen LogP contribution in [-0.2, 0) is 6.54 Å². The molecule has 22 heavy (non-hydrogen) atoms. The van der Waals surface area contributed by atoms with Crippen LogP contribution in [0.1, 0.15) is 42.5 Å². The van der Waals surface area contributed by atoms with Crippen molar-refractivity contribution in [2.75, 3.05) is 0 Å². The molecule has 0 bridgehead atoms. The van der Waals surface area contributed by atoms with E-state index in [0.29, 0.717) is 11.5 Å². The molecule has 5 heteroatoms. The summed E-state index contributed by atoms with van der Waals surface area (Å²) in [6, 6.07) is 4.41. The minimum absolute atomic E-state index is 0.287. The molecule has 116 valence electrons. The molecule has 0 spiro atoms. The number of carbonyl (C=O) groups is 1. The summed E-state index contributed by atoms with van der Waals surface area (Å²) in [5, 5.41) is 13.3. The van der Waals surface area contributed by atoms with Crippen molar-refractivity contribution in [3.63, 3.8) is 0 Å². The van der Waals surface area contributed by atoms with E-state index in [1.54, 1.807) is 24.5 Å². The third-order valence-corrected chi connectivity index (χ3v) is 4.34. The van der Waals surface area contributed by atoms with E-state index in [-0.39, 0.29) is 11.1 Å². The van der Waals surface area contributed by atoms with Crippen molar-refractivity contribution < 1.29 is 14.3 Å². The Morgan fingerprint density at radius 1 is 1.32 bits per heavy atom. The number of aromatic carboxylic acids is 1. The zero-order chi connectivity index (χ0) is 15.5. The van der Waals surface area contributed by atoms with E-state index in [1.165, 1.54) is 38.2 Å². The van der Waals surface area contributed by atoms with Crippen molar-refractivity contribution in [2.45, 2.75) is 38.6 Å². The molecule has 1 aliphatic rings. The normalized spacial score (nSPS) is 15.9. The van der Waals surface area contributed by atoms with Crippen LogP contribution < -0.4 is 0 Å². The molecule has 0 atom stereocenters. The number of hydrogen-bond donors (Lipinski definition) is 1. The van der Waals surface area contributed by atoms with Crippen LogP contribution in [0.15, 0.2) is 30.6 Å². The second-order valence-corrected chi connectivity index (χ2v) is 5.93. The Morgan fingerprint density at radius 2 is 2.09 bits per heavy atom. The number of nitrogens with zero attached hydrogens (tertiary/aromatic N) is 2. The van der Waals surface area contributed by atoms with Crippen LogP contribution in [0.25, 0.3) is 11.1 Å².